The summed E-state index contributed by atoms with van der Waals surface area (Å²) in [4.78, 5) is 26.3. The first kappa shape index (κ1) is 17.9. The van der Waals surface area contributed by atoms with E-state index in [0.717, 1.165) is 31.4 Å². The molecular weight excluding hydrogens is 320 g/mol. The smallest absolute Gasteiger partial charge is 0.222 e. The van der Waals surface area contributed by atoms with Crippen LogP contribution in [0.2, 0.25) is 0 Å². The molecule has 138 valence electrons. The molecule has 3 rings (SSSR count). The van der Waals surface area contributed by atoms with E-state index in [0.29, 0.717) is 32.2 Å². The van der Waals surface area contributed by atoms with E-state index in [2.05, 4.69) is 10.4 Å². The van der Waals surface area contributed by atoms with Crippen molar-refractivity contribution in [2.45, 2.75) is 57.1 Å². The highest BCUT2D eigenvalue weighted by Crippen LogP contribution is 2.38. The summed E-state index contributed by atoms with van der Waals surface area (Å²) in [7, 11) is 1.85. The summed E-state index contributed by atoms with van der Waals surface area (Å²) >= 11 is 0. The maximum Gasteiger partial charge on any atom is 0.222 e. The maximum atomic E-state index is 12.5. The van der Waals surface area contributed by atoms with Crippen LogP contribution in [0.15, 0.2) is 12.4 Å². The van der Waals surface area contributed by atoms with Crippen LogP contribution < -0.4 is 5.32 Å². The number of carbonyl (C=O) groups excluding carboxylic acids is 2. The maximum absolute atomic E-state index is 12.5. The Morgan fingerprint density at radius 2 is 2.20 bits per heavy atom. The van der Waals surface area contributed by atoms with Crippen LogP contribution in [0.4, 0.5) is 0 Å². The molecule has 1 unspecified atom stereocenters. The Hall–Kier alpha value is -1.89. The zero-order valence-electron chi connectivity index (χ0n) is 14.9. The summed E-state index contributed by atoms with van der Waals surface area (Å²) in [6, 6.07) is -0.121. The van der Waals surface area contributed by atoms with E-state index in [1.165, 1.54) is 0 Å². The lowest BCUT2D eigenvalue weighted by molar-refractivity contribution is -0.131. The van der Waals surface area contributed by atoms with E-state index < -0.39 is 0 Å². The molecular formula is C18H28N4O3. The monoisotopic (exact) mass is 348 g/mol. The Bertz CT molecular complexity index is 609. The van der Waals surface area contributed by atoms with E-state index >= 15 is 0 Å². The van der Waals surface area contributed by atoms with Crippen LogP contribution in [0.5, 0.6) is 0 Å². The summed E-state index contributed by atoms with van der Waals surface area (Å²) in [5, 5.41) is 16.9. The molecule has 0 spiro atoms. The molecule has 1 aromatic heterocycles. The van der Waals surface area contributed by atoms with Gasteiger partial charge in [0.25, 0.3) is 0 Å². The number of carbonyl (C=O) groups is 2. The van der Waals surface area contributed by atoms with Gasteiger partial charge < -0.3 is 15.3 Å². The molecule has 0 radical (unpaired) electrons. The molecule has 2 N–H and O–H groups in total. The van der Waals surface area contributed by atoms with Crippen LogP contribution in [-0.4, -0.2) is 50.8 Å². The first-order chi connectivity index (χ1) is 12.0. The highest BCUT2D eigenvalue weighted by molar-refractivity contribution is 5.79. The Kier molecular flexibility index (Phi) is 5.73. The van der Waals surface area contributed by atoms with Gasteiger partial charge in [-0.25, -0.2) is 0 Å². The third kappa shape index (κ3) is 4.60. The van der Waals surface area contributed by atoms with Gasteiger partial charge in [0, 0.05) is 44.7 Å². The van der Waals surface area contributed by atoms with Crippen molar-refractivity contribution in [1.82, 2.24) is 20.0 Å². The van der Waals surface area contributed by atoms with Gasteiger partial charge in [0.15, 0.2) is 0 Å². The Morgan fingerprint density at radius 3 is 2.88 bits per heavy atom. The Labute approximate surface area is 148 Å². The molecule has 1 aliphatic heterocycles. The Morgan fingerprint density at radius 1 is 1.40 bits per heavy atom. The Balaban J connectivity index is 1.55. The van der Waals surface area contributed by atoms with Gasteiger partial charge in [-0.1, -0.05) is 6.42 Å². The zero-order chi connectivity index (χ0) is 17.8. The zero-order valence-corrected chi connectivity index (χ0v) is 14.9. The highest BCUT2D eigenvalue weighted by Gasteiger charge is 2.36. The third-order valence-corrected chi connectivity index (χ3v) is 5.30. The van der Waals surface area contributed by atoms with Gasteiger partial charge in [-0.2, -0.15) is 5.10 Å². The van der Waals surface area contributed by atoms with Crippen LogP contribution in [0, 0.1) is 5.92 Å². The van der Waals surface area contributed by atoms with Crippen LogP contribution in [0.1, 0.15) is 56.6 Å². The molecule has 2 amide bonds. The summed E-state index contributed by atoms with van der Waals surface area (Å²) in [6.45, 7) is 1.24. The second-order valence-electron chi connectivity index (χ2n) is 7.32. The lowest BCUT2D eigenvalue weighted by Gasteiger charge is -2.37. The SMILES string of the molecule is Cn1cc(C(NC(=O)CCN2CCCCCC2=O)C2CC(O)C2)cn1. The number of aryl methyl sites for hydroxylation is 1. The second kappa shape index (κ2) is 7.99. The van der Waals surface area contributed by atoms with Crippen molar-refractivity contribution in [2.75, 3.05) is 13.1 Å². The predicted molar refractivity (Wildman–Crippen MR) is 92.5 cm³/mol. The molecule has 1 saturated heterocycles. The fraction of sp³-hybridized carbons (Fsp3) is 0.722. The minimum Gasteiger partial charge on any atom is -0.393 e. The molecule has 2 fully saturated rings. The van der Waals surface area contributed by atoms with E-state index in [9.17, 15) is 14.7 Å². The van der Waals surface area contributed by atoms with Crippen LogP contribution in [0.25, 0.3) is 0 Å². The van der Waals surface area contributed by atoms with E-state index in [-0.39, 0.29) is 29.9 Å². The number of rotatable bonds is 6. The van der Waals surface area contributed by atoms with Gasteiger partial charge in [0.2, 0.25) is 11.8 Å². The molecule has 1 atom stereocenters. The molecule has 7 heteroatoms. The number of aliphatic hydroxyl groups is 1. The summed E-state index contributed by atoms with van der Waals surface area (Å²) in [5.74, 6) is 0.353. The normalized spacial score (nSPS) is 25.2. The first-order valence-corrected chi connectivity index (χ1v) is 9.26. The van der Waals surface area contributed by atoms with Crippen molar-refractivity contribution in [3.63, 3.8) is 0 Å². The van der Waals surface area contributed by atoms with Crippen LogP contribution in [-0.2, 0) is 16.6 Å². The molecule has 1 aromatic rings. The number of nitrogens with one attached hydrogen (secondary N) is 1. The average molecular weight is 348 g/mol. The fourth-order valence-electron chi connectivity index (χ4n) is 3.73. The minimum atomic E-state index is -0.268. The van der Waals surface area contributed by atoms with Gasteiger partial charge in [0.1, 0.15) is 0 Å². The molecule has 7 nitrogen and oxygen atoms in total. The van der Waals surface area contributed by atoms with Crippen molar-refractivity contribution in [2.24, 2.45) is 13.0 Å². The second-order valence-corrected chi connectivity index (χ2v) is 7.32. The molecule has 1 saturated carbocycles. The summed E-state index contributed by atoms with van der Waals surface area (Å²) < 4.78 is 1.72. The quantitative estimate of drug-likeness (QED) is 0.807. The van der Waals surface area contributed by atoms with Crippen molar-refractivity contribution in [3.05, 3.63) is 18.0 Å². The number of hydrogen-bond acceptors (Lipinski definition) is 4. The molecule has 2 heterocycles. The lowest BCUT2D eigenvalue weighted by atomic mass is 9.75. The third-order valence-electron chi connectivity index (χ3n) is 5.30. The molecule has 0 bridgehead atoms. The number of likely N-dealkylation sites (tertiary alicyclic amines) is 1. The minimum absolute atomic E-state index is 0.0488. The number of nitrogens with zero attached hydrogens (tertiary/aromatic N) is 3. The van der Waals surface area contributed by atoms with Crippen LogP contribution >= 0.6 is 0 Å². The largest absolute Gasteiger partial charge is 0.393 e. The molecule has 2 aliphatic rings. The van der Waals surface area contributed by atoms with Gasteiger partial charge in [-0.3, -0.25) is 14.3 Å². The standard InChI is InChI=1S/C18H28N4O3/c1-21-12-14(11-19-21)18(13-9-15(23)10-13)20-16(24)6-8-22-7-4-2-3-5-17(22)25/h11-13,15,18,23H,2-10H2,1H3,(H,20,24). The molecule has 0 aromatic carbocycles. The molecule has 25 heavy (non-hydrogen) atoms. The fourth-order valence-corrected chi connectivity index (χ4v) is 3.73. The van der Waals surface area contributed by atoms with Crippen molar-refractivity contribution < 1.29 is 14.7 Å². The number of aliphatic hydroxyl groups excluding tert-OH is 1. The number of aromatic nitrogens is 2. The van der Waals surface area contributed by atoms with E-state index in [1.807, 2.05) is 18.1 Å². The van der Waals surface area contributed by atoms with Gasteiger partial charge in [-0.05, 0) is 31.6 Å². The van der Waals surface area contributed by atoms with Gasteiger partial charge in [0.05, 0.1) is 18.3 Å². The number of hydrogen-bond donors (Lipinski definition) is 2. The predicted octanol–water partition coefficient (Wildman–Crippen LogP) is 1.14. The van der Waals surface area contributed by atoms with E-state index in [1.54, 1.807) is 10.9 Å². The van der Waals surface area contributed by atoms with Crippen LogP contribution in [0.3, 0.4) is 0 Å². The first-order valence-electron chi connectivity index (χ1n) is 9.26. The highest BCUT2D eigenvalue weighted by atomic mass is 16.3. The van der Waals surface area contributed by atoms with E-state index in [4.69, 9.17) is 0 Å². The molecule has 1 aliphatic carbocycles. The lowest BCUT2D eigenvalue weighted by Crippen LogP contribution is -2.42. The average Bonchev–Trinajstić information content (AvgIpc) is 2.87. The van der Waals surface area contributed by atoms with Gasteiger partial charge >= 0.3 is 0 Å². The van der Waals surface area contributed by atoms with Crippen molar-refractivity contribution in [1.29, 1.82) is 0 Å². The summed E-state index contributed by atoms with van der Waals surface area (Å²) in [6.07, 6.45) is 8.78. The topological polar surface area (TPSA) is 87.5 Å². The summed E-state index contributed by atoms with van der Waals surface area (Å²) in [5.41, 5.74) is 0.971. The van der Waals surface area contributed by atoms with Crippen molar-refractivity contribution in [3.8, 4) is 0 Å². The van der Waals surface area contributed by atoms with Crippen molar-refractivity contribution >= 4 is 11.8 Å². The number of amides is 2. The van der Waals surface area contributed by atoms with Gasteiger partial charge in [-0.15, -0.1) is 0 Å².